The fourth-order valence-corrected chi connectivity index (χ4v) is 1.01. The second-order valence-electron chi connectivity index (χ2n) is 2.78. The highest BCUT2D eigenvalue weighted by atomic mass is 16.1. The Morgan fingerprint density at radius 1 is 1.62 bits per heavy atom. The Balaban J connectivity index is 2.53. The highest BCUT2D eigenvalue weighted by molar-refractivity contribution is 5.47. The molecule has 0 saturated carbocycles. The van der Waals surface area contributed by atoms with Crippen LogP contribution in [0.5, 0.6) is 0 Å². The standard InChI is InChI=1S/C10H14N2O/c1-11-6-3-2-4-9-5-7-12-10(13)8-9/h2,4-5,7-8,11H,3,6H2,1H3,(H,12,13). The van der Waals surface area contributed by atoms with E-state index in [1.165, 1.54) is 0 Å². The number of rotatable bonds is 4. The largest absolute Gasteiger partial charge is 0.329 e. The van der Waals surface area contributed by atoms with E-state index in [2.05, 4.69) is 10.3 Å². The van der Waals surface area contributed by atoms with Crippen molar-refractivity contribution >= 4 is 6.08 Å². The van der Waals surface area contributed by atoms with Crippen molar-refractivity contribution in [2.75, 3.05) is 13.6 Å². The van der Waals surface area contributed by atoms with Crippen LogP contribution in [0, 0.1) is 0 Å². The molecule has 3 nitrogen and oxygen atoms in total. The maximum absolute atomic E-state index is 10.9. The van der Waals surface area contributed by atoms with Crippen LogP contribution in [0.3, 0.4) is 0 Å². The van der Waals surface area contributed by atoms with Gasteiger partial charge in [-0.2, -0.15) is 0 Å². The number of aromatic nitrogens is 1. The van der Waals surface area contributed by atoms with Crippen molar-refractivity contribution in [2.45, 2.75) is 6.42 Å². The molecule has 1 aromatic rings. The van der Waals surface area contributed by atoms with E-state index in [1.807, 2.05) is 25.3 Å². The Kier molecular flexibility index (Phi) is 3.99. The molecule has 0 saturated heterocycles. The Hall–Kier alpha value is -1.35. The zero-order valence-corrected chi connectivity index (χ0v) is 7.71. The summed E-state index contributed by atoms with van der Waals surface area (Å²) in [5.41, 5.74) is 0.885. The molecule has 0 spiro atoms. The lowest BCUT2D eigenvalue weighted by molar-refractivity contribution is 0.809. The molecule has 13 heavy (non-hydrogen) atoms. The van der Waals surface area contributed by atoms with Crippen LogP contribution >= 0.6 is 0 Å². The molecule has 1 rings (SSSR count). The van der Waals surface area contributed by atoms with Crippen LogP contribution in [0.4, 0.5) is 0 Å². The first-order valence-electron chi connectivity index (χ1n) is 4.33. The average Bonchev–Trinajstić information content (AvgIpc) is 2.13. The highest BCUT2D eigenvalue weighted by Crippen LogP contribution is 1.97. The van der Waals surface area contributed by atoms with E-state index in [-0.39, 0.29) is 5.56 Å². The van der Waals surface area contributed by atoms with Gasteiger partial charge in [-0.25, -0.2) is 0 Å². The smallest absolute Gasteiger partial charge is 0.248 e. The maximum atomic E-state index is 10.9. The lowest BCUT2D eigenvalue weighted by Gasteiger charge is -1.92. The van der Waals surface area contributed by atoms with Gasteiger partial charge in [-0.15, -0.1) is 0 Å². The minimum absolute atomic E-state index is 0.0595. The van der Waals surface area contributed by atoms with Gasteiger partial charge in [-0.1, -0.05) is 12.2 Å². The van der Waals surface area contributed by atoms with Gasteiger partial charge in [0.25, 0.3) is 0 Å². The molecule has 0 bridgehead atoms. The van der Waals surface area contributed by atoms with Crippen LogP contribution in [-0.4, -0.2) is 18.6 Å². The predicted molar refractivity (Wildman–Crippen MR) is 54.6 cm³/mol. The minimum Gasteiger partial charge on any atom is -0.329 e. The van der Waals surface area contributed by atoms with E-state index < -0.39 is 0 Å². The van der Waals surface area contributed by atoms with Crippen LogP contribution in [0.25, 0.3) is 6.08 Å². The zero-order chi connectivity index (χ0) is 9.52. The Morgan fingerprint density at radius 2 is 2.46 bits per heavy atom. The molecule has 0 amide bonds. The summed E-state index contributed by atoms with van der Waals surface area (Å²) in [5, 5.41) is 3.05. The van der Waals surface area contributed by atoms with E-state index in [0.717, 1.165) is 18.5 Å². The van der Waals surface area contributed by atoms with Crippen molar-refractivity contribution in [3.63, 3.8) is 0 Å². The van der Waals surface area contributed by atoms with E-state index >= 15 is 0 Å². The SMILES string of the molecule is CNCCC=Cc1cc[nH]c(=O)c1. The zero-order valence-electron chi connectivity index (χ0n) is 7.71. The molecular formula is C10H14N2O. The van der Waals surface area contributed by atoms with Crippen molar-refractivity contribution in [3.05, 3.63) is 40.3 Å². The number of hydrogen-bond donors (Lipinski definition) is 2. The molecule has 2 N–H and O–H groups in total. The van der Waals surface area contributed by atoms with Gasteiger partial charge in [0.15, 0.2) is 0 Å². The second kappa shape index (κ2) is 5.32. The fourth-order valence-electron chi connectivity index (χ4n) is 1.01. The van der Waals surface area contributed by atoms with Gasteiger partial charge in [-0.05, 0) is 31.6 Å². The Labute approximate surface area is 77.5 Å². The molecular weight excluding hydrogens is 164 g/mol. The third kappa shape index (κ3) is 3.71. The normalized spacial score (nSPS) is 10.8. The number of pyridine rings is 1. The van der Waals surface area contributed by atoms with Gasteiger partial charge >= 0.3 is 0 Å². The highest BCUT2D eigenvalue weighted by Gasteiger charge is 1.86. The molecule has 1 aromatic heterocycles. The molecule has 0 atom stereocenters. The quantitative estimate of drug-likeness (QED) is 0.675. The molecule has 3 heteroatoms. The lowest BCUT2D eigenvalue weighted by Crippen LogP contribution is -2.05. The van der Waals surface area contributed by atoms with Gasteiger partial charge in [0.2, 0.25) is 5.56 Å². The number of H-pyrrole nitrogens is 1. The second-order valence-corrected chi connectivity index (χ2v) is 2.78. The predicted octanol–water partition coefficient (Wildman–Crippen LogP) is 0.998. The van der Waals surface area contributed by atoms with E-state index in [9.17, 15) is 4.79 Å². The van der Waals surface area contributed by atoms with Crippen LogP contribution in [-0.2, 0) is 0 Å². The first kappa shape index (κ1) is 9.74. The summed E-state index contributed by atoms with van der Waals surface area (Å²) < 4.78 is 0. The van der Waals surface area contributed by atoms with Crippen LogP contribution in [0.1, 0.15) is 12.0 Å². The summed E-state index contributed by atoms with van der Waals surface area (Å²) in [4.78, 5) is 13.4. The fraction of sp³-hybridized carbons (Fsp3) is 0.300. The van der Waals surface area contributed by atoms with E-state index in [4.69, 9.17) is 0 Å². The van der Waals surface area contributed by atoms with Gasteiger partial charge in [-0.3, -0.25) is 4.79 Å². The summed E-state index contributed by atoms with van der Waals surface area (Å²) in [6.45, 7) is 0.958. The molecule has 0 aromatic carbocycles. The molecule has 0 unspecified atom stereocenters. The van der Waals surface area contributed by atoms with Crippen molar-refractivity contribution in [3.8, 4) is 0 Å². The van der Waals surface area contributed by atoms with Crippen molar-refractivity contribution in [2.24, 2.45) is 0 Å². The number of aromatic amines is 1. The van der Waals surface area contributed by atoms with Crippen LogP contribution in [0.15, 0.2) is 29.2 Å². The number of nitrogens with one attached hydrogen (secondary N) is 2. The summed E-state index contributed by atoms with van der Waals surface area (Å²) >= 11 is 0. The molecule has 1 heterocycles. The van der Waals surface area contributed by atoms with Gasteiger partial charge in [0, 0.05) is 12.3 Å². The minimum atomic E-state index is -0.0595. The number of hydrogen-bond acceptors (Lipinski definition) is 2. The monoisotopic (exact) mass is 178 g/mol. The van der Waals surface area contributed by atoms with Gasteiger partial charge in [0.1, 0.15) is 0 Å². The summed E-state index contributed by atoms with van der Waals surface area (Å²) in [6.07, 6.45) is 6.63. The van der Waals surface area contributed by atoms with E-state index in [1.54, 1.807) is 12.3 Å². The molecule has 0 radical (unpaired) electrons. The molecule has 0 aliphatic heterocycles. The maximum Gasteiger partial charge on any atom is 0.248 e. The summed E-state index contributed by atoms with van der Waals surface area (Å²) in [6, 6.07) is 3.45. The summed E-state index contributed by atoms with van der Waals surface area (Å²) in [7, 11) is 1.92. The third-order valence-electron chi connectivity index (χ3n) is 1.67. The van der Waals surface area contributed by atoms with Crippen molar-refractivity contribution in [1.29, 1.82) is 0 Å². The molecule has 70 valence electrons. The van der Waals surface area contributed by atoms with Gasteiger partial charge < -0.3 is 10.3 Å². The van der Waals surface area contributed by atoms with E-state index in [0.29, 0.717) is 0 Å². The molecule has 0 aliphatic rings. The Bertz CT molecular complexity index is 328. The van der Waals surface area contributed by atoms with Crippen molar-refractivity contribution in [1.82, 2.24) is 10.3 Å². The Morgan fingerprint density at radius 3 is 3.15 bits per heavy atom. The third-order valence-corrected chi connectivity index (χ3v) is 1.67. The lowest BCUT2D eigenvalue weighted by atomic mass is 10.2. The van der Waals surface area contributed by atoms with Gasteiger partial charge in [0.05, 0.1) is 0 Å². The van der Waals surface area contributed by atoms with Crippen LogP contribution in [0.2, 0.25) is 0 Å². The first-order valence-corrected chi connectivity index (χ1v) is 4.33. The van der Waals surface area contributed by atoms with Crippen LogP contribution < -0.4 is 10.9 Å². The first-order chi connectivity index (χ1) is 6.33. The topological polar surface area (TPSA) is 44.9 Å². The van der Waals surface area contributed by atoms with Crippen molar-refractivity contribution < 1.29 is 0 Å². The molecule has 0 aliphatic carbocycles. The molecule has 0 fully saturated rings. The summed E-state index contributed by atoms with van der Waals surface area (Å²) in [5.74, 6) is 0. The average molecular weight is 178 g/mol.